The Balaban J connectivity index is 1.87. The molecule has 1 aromatic carbocycles. The van der Waals surface area contributed by atoms with E-state index >= 15 is 0 Å². The first-order valence-electron chi connectivity index (χ1n) is 6.39. The van der Waals surface area contributed by atoms with E-state index in [9.17, 15) is 0 Å². The van der Waals surface area contributed by atoms with Gasteiger partial charge < -0.3 is 4.74 Å². The highest BCUT2D eigenvalue weighted by Gasteiger charge is 2.10. The molecule has 20 heavy (non-hydrogen) atoms. The van der Waals surface area contributed by atoms with Crippen molar-refractivity contribution < 1.29 is 4.74 Å². The number of nitrogens with zero attached hydrogens (tertiary/aromatic N) is 3. The summed E-state index contributed by atoms with van der Waals surface area (Å²) >= 11 is 3.45. The van der Waals surface area contributed by atoms with Gasteiger partial charge in [0.2, 0.25) is 0 Å². The molecule has 0 unspecified atom stereocenters. The molecule has 0 aliphatic rings. The van der Waals surface area contributed by atoms with E-state index < -0.39 is 0 Å². The molecule has 4 nitrogen and oxygen atoms in total. The van der Waals surface area contributed by atoms with Gasteiger partial charge in [0.15, 0.2) is 10.3 Å². The summed E-state index contributed by atoms with van der Waals surface area (Å²) in [6.45, 7) is 0. The molecule has 102 valence electrons. The molecule has 0 saturated heterocycles. The molecule has 0 aliphatic heterocycles. The fourth-order valence-electron chi connectivity index (χ4n) is 2.28. The van der Waals surface area contributed by atoms with Gasteiger partial charge in [0.25, 0.3) is 0 Å². The molecule has 0 radical (unpaired) electrons. The van der Waals surface area contributed by atoms with Crippen molar-refractivity contribution in [3.8, 4) is 5.75 Å². The molecular formula is C15H14BrN3O. The number of benzene rings is 1. The smallest absolute Gasteiger partial charge is 0.171 e. The van der Waals surface area contributed by atoms with E-state index in [1.165, 1.54) is 5.56 Å². The predicted octanol–water partition coefficient (Wildman–Crippen LogP) is 3.29. The van der Waals surface area contributed by atoms with Crippen molar-refractivity contribution in [1.82, 2.24) is 14.4 Å². The van der Waals surface area contributed by atoms with E-state index in [0.717, 1.165) is 34.7 Å². The van der Waals surface area contributed by atoms with Gasteiger partial charge in [0, 0.05) is 18.8 Å². The Morgan fingerprint density at radius 1 is 1.20 bits per heavy atom. The Morgan fingerprint density at radius 3 is 2.90 bits per heavy atom. The van der Waals surface area contributed by atoms with Crippen LogP contribution < -0.4 is 4.74 Å². The van der Waals surface area contributed by atoms with E-state index in [0.29, 0.717) is 0 Å². The zero-order valence-electron chi connectivity index (χ0n) is 11.1. The van der Waals surface area contributed by atoms with Crippen molar-refractivity contribution in [2.45, 2.75) is 12.8 Å². The third-order valence-corrected chi connectivity index (χ3v) is 3.78. The standard InChI is InChI=1S/C15H14BrN3O/c1-20-12-6-3-2-5-11(12)7-8-13-18-14(16)15-17-9-4-10-19(13)15/h2-6,9-10H,7-8H2,1H3. The van der Waals surface area contributed by atoms with E-state index in [1.54, 1.807) is 13.3 Å². The highest BCUT2D eigenvalue weighted by Crippen LogP contribution is 2.21. The number of hydrogen-bond donors (Lipinski definition) is 0. The Labute approximate surface area is 125 Å². The summed E-state index contributed by atoms with van der Waals surface area (Å²) in [4.78, 5) is 8.86. The van der Waals surface area contributed by atoms with Gasteiger partial charge in [-0.2, -0.15) is 0 Å². The van der Waals surface area contributed by atoms with Gasteiger partial charge >= 0.3 is 0 Å². The lowest BCUT2D eigenvalue weighted by Crippen LogP contribution is -2.00. The van der Waals surface area contributed by atoms with E-state index in [2.05, 4.69) is 32.0 Å². The van der Waals surface area contributed by atoms with Crippen molar-refractivity contribution >= 4 is 21.6 Å². The van der Waals surface area contributed by atoms with Gasteiger partial charge in [-0.25, -0.2) is 9.97 Å². The summed E-state index contributed by atoms with van der Waals surface area (Å²) in [5.41, 5.74) is 2.04. The molecule has 0 fully saturated rings. The van der Waals surface area contributed by atoms with Crippen LogP contribution in [0.3, 0.4) is 0 Å². The molecule has 3 aromatic rings. The van der Waals surface area contributed by atoms with E-state index in [-0.39, 0.29) is 0 Å². The van der Waals surface area contributed by atoms with Crippen LogP contribution in [-0.4, -0.2) is 21.5 Å². The van der Waals surface area contributed by atoms with Crippen molar-refractivity contribution in [1.29, 1.82) is 0 Å². The highest BCUT2D eigenvalue weighted by atomic mass is 79.9. The molecule has 0 spiro atoms. The molecular weight excluding hydrogens is 318 g/mol. The first-order chi connectivity index (χ1) is 9.79. The number of aromatic nitrogens is 3. The Kier molecular flexibility index (Phi) is 3.69. The number of aryl methyl sites for hydroxylation is 2. The number of para-hydroxylation sites is 1. The molecule has 0 aliphatic carbocycles. The number of fused-ring (bicyclic) bond motifs is 1. The third kappa shape index (κ3) is 2.41. The molecule has 0 atom stereocenters. The SMILES string of the molecule is COc1ccccc1CCc1nc(Br)c2ncccn12. The quantitative estimate of drug-likeness (QED) is 0.736. The average Bonchev–Trinajstić information content (AvgIpc) is 2.82. The molecule has 2 aromatic heterocycles. The topological polar surface area (TPSA) is 39.4 Å². The maximum atomic E-state index is 5.38. The normalized spacial score (nSPS) is 10.9. The number of rotatable bonds is 4. The minimum absolute atomic E-state index is 0.785. The summed E-state index contributed by atoms with van der Waals surface area (Å²) in [5, 5.41) is 0. The minimum atomic E-state index is 0.785. The number of methoxy groups -OCH3 is 1. The Bertz CT molecular complexity index is 739. The maximum Gasteiger partial charge on any atom is 0.171 e. The predicted molar refractivity (Wildman–Crippen MR) is 81.1 cm³/mol. The lowest BCUT2D eigenvalue weighted by Gasteiger charge is -2.07. The Morgan fingerprint density at radius 2 is 2.05 bits per heavy atom. The van der Waals surface area contributed by atoms with Gasteiger partial charge in [0.05, 0.1) is 7.11 Å². The summed E-state index contributed by atoms with van der Waals surface area (Å²) in [6.07, 6.45) is 5.47. The summed E-state index contributed by atoms with van der Waals surface area (Å²) in [6, 6.07) is 9.98. The van der Waals surface area contributed by atoms with Crippen LogP contribution in [0.25, 0.3) is 5.65 Å². The monoisotopic (exact) mass is 331 g/mol. The van der Waals surface area contributed by atoms with Crippen molar-refractivity contribution in [2.24, 2.45) is 0 Å². The number of imidazole rings is 1. The second-order valence-electron chi connectivity index (χ2n) is 4.44. The molecule has 0 bridgehead atoms. The third-order valence-electron chi connectivity index (χ3n) is 3.25. The van der Waals surface area contributed by atoms with Crippen LogP contribution in [0.4, 0.5) is 0 Å². The lowest BCUT2D eigenvalue weighted by atomic mass is 10.1. The number of ether oxygens (including phenoxy) is 1. The van der Waals surface area contributed by atoms with Gasteiger partial charge in [-0.15, -0.1) is 0 Å². The number of hydrogen-bond acceptors (Lipinski definition) is 3. The first-order valence-corrected chi connectivity index (χ1v) is 7.18. The van der Waals surface area contributed by atoms with Gasteiger partial charge in [0.1, 0.15) is 11.6 Å². The van der Waals surface area contributed by atoms with Crippen LogP contribution in [0.2, 0.25) is 0 Å². The largest absolute Gasteiger partial charge is 0.496 e. The Hall–Kier alpha value is -1.88. The lowest BCUT2D eigenvalue weighted by molar-refractivity contribution is 0.409. The van der Waals surface area contributed by atoms with Crippen molar-refractivity contribution in [3.05, 3.63) is 58.7 Å². The molecule has 5 heteroatoms. The molecule has 3 rings (SSSR count). The molecule has 0 saturated carbocycles. The van der Waals surface area contributed by atoms with Crippen LogP contribution >= 0.6 is 15.9 Å². The minimum Gasteiger partial charge on any atom is -0.496 e. The molecule has 0 N–H and O–H groups in total. The fourth-order valence-corrected chi connectivity index (χ4v) is 2.78. The average molecular weight is 332 g/mol. The second-order valence-corrected chi connectivity index (χ2v) is 5.20. The first kappa shape index (κ1) is 13.1. The van der Waals surface area contributed by atoms with Crippen molar-refractivity contribution in [3.63, 3.8) is 0 Å². The zero-order valence-corrected chi connectivity index (χ0v) is 12.7. The summed E-state index contributed by atoms with van der Waals surface area (Å²) < 4.78 is 8.18. The maximum absolute atomic E-state index is 5.38. The van der Waals surface area contributed by atoms with Gasteiger partial charge in [-0.05, 0) is 40.0 Å². The van der Waals surface area contributed by atoms with Gasteiger partial charge in [-0.3, -0.25) is 4.40 Å². The molecule has 0 amide bonds. The van der Waals surface area contributed by atoms with Crippen LogP contribution in [0.15, 0.2) is 47.3 Å². The number of halogens is 1. The van der Waals surface area contributed by atoms with Crippen LogP contribution in [0.5, 0.6) is 5.75 Å². The van der Waals surface area contributed by atoms with Crippen LogP contribution in [0.1, 0.15) is 11.4 Å². The highest BCUT2D eigenvalue weighted by molar-refractivity contribution is 9.10. The van der Waals surface area contributed by atoms with E-state index in [1.807, 2.05) is 34.9 Å². The van der Waals surface area contributed by atoms with Crippen molar-refractivity contribution in [2.75, 3.05) is 7.11 Å². The summed E-state index contributed by atoms with van der Waals surface area (Å²) in [5.74, 6) is 1.91. The van der Waals surface area contributed by atoms with Crippen LogP contribution in [0, 0.1) is 0 Å². The zero-order chi connectivity index (χ0) is 13.9. The van der Waals surface area contributed by atoms with Crippen LogP contribution in [-0.2, 0) is 12.8 Å². The van der Waals surface area contributed by atoms with Gasteiger partial charge in [-0.1, -0.05) is 18.2 Å². The summed E-state index contributed by atoms with van der Waals surface area (Å²) in [7, 11) is 1.70. The second kappa shape index (κ2) is 5.63. The molecule has 2 heterocycles. The van der Waals surface area contributed by atoms with E-state index in [4.69, 9.17) is 4.74 Å². The fraction of sp³-hybridized carbons (Fsp3) is 0.200.